The lowest BCUT2D eigenvalue weighted by Crippen LogP contribution is -3.00. The molecule has 7 aromatic carbocycles. The zero-order valence-corrected chi connectivity index (χ0v) is 75.7. The van der Waals surface area contributed by atoms with Gasteiger partial charge in [-0.2, -0.15) is 0 Å². The second kappa shape index (κ2) is 47.2. The smallest absolute Gasteiger partial charge is 0.191 e. The molecule has 0 bridgehead atoms. The standard InChI is InChI=1S/C17H27N3.C17H26N2.C16H24N2.C16H23N2.3C7H8O3S.4BrH/c1-20(2)13-11-18(12-14-20)9-10-19-8-7-16-5-3-4-6-17(16)15-19;1-19(12-5-2-6-13-19)14-11-18-10-9-16-7-3-4-8-17(16)15-18;1-18(11-4-5-12-18)13-10-17-9-8-15-6-2-3-7-16(15)14-17;1-4-9-17(10-5-1)12-13-18-11-8-15-6-2-3-7-16(15)14-18;3*1-6-2-4-7(5-3-6)11(8,9)10;;;;/h3-6,15H,7-14H2,1-2H3;3-4,7-8,15H,2,5-6,9-14H2,1H3;2-3,6-7,14H,4-5,8-13H2,1H3;2-3,6-7,14H,1,4-5,8-13H2;3*2-5H,1H3,(H,8,9,10);4*1H/q3*+2;+1;;;;;;;/p-7. The first-order valence-electron chi connectivity index (χ1n) is 39.2. The summed E-state index contributed by atoms with van der Waals surface area (Å²) in [6.07, 6.45) is 25.6. The molecule has 0 aliphatic carbocycles. The molecular weight excluding hydrogens is 1730 g/mol. The molecule has 15 rings (SSSR count). The molecule has 4 saturated heterocycles. The van der Waals surface area contributed by atoms with E-state index in [0.29, 0.717) is 0 Å². The maximum Gasteiger partial charge on any atom is 0.191 e. The van der Waals surface area contributed by atoms with Crippen molar-refractivity contribution in [2.75, 3.05) is 172 Å². The highest BCUT2D eigenvalue weighted by Gasteiger charge is 2.31. The van der Waals surface area contributed by atoms with Crippen LogP contribution in [0.5, 0.6) is 0 Å². The van der Waals surface area contributed by atoms with Crippen LogP contribution in [-0.2, 0) is 56.0 Å². The van der Waals surface area contributed by atoms with Gasteiger partial charge < -0.3 is 95.0 Å². The number of halogens is 4. The van der Waals surface area contributed by atoms with Crippen LogP contribution >= 0.6 is 0 Å². The Kier molecular flexibility index (Phi) is 41.0. The van der Waals surface area contributed by atoms with Gasteiger partial charge in [-0.05, 0) is 149 Å². The molecule has 4 fully saturated rings. The fourth-order valence-corrected chi connectivity index (χ4v) is 16.4. The van der Waals surface area contributed by atoms with Crippen LogP contribution < -0.4 is 67.9 Å². The highest BCUT2D eigenvalue weighted by molar-refractivity contribution is 7.86. The van der Waals surface area contributed by atoms with Gasteiger partial charge >= 0.3 is 0 Å². The van der Waals surface area contributed by atoms with Gasteiger partial charge in [-0.3, -0.25) is 9.80 Å². The van der Waals surface area contributed by atoms with Gasteiger partial charge in [0, 0.05) is 73.9 Å². The third-order valence-electron chi connectivity index (χ3n) is 22.4. The molecule has 0 amide bonds. The number of likely N-dealkylation sites (N-methyl/N-ethyl adjacent to an activating group) is 3. The monoisotopic (exact) mass is 1850 g/mol. The molecule has 614 valence electrons. The van der Waals surface area contributed by atoms with Gasteiger partial charge in [0.2, 0.25) is 0 Å². The van der Waals surface area contributed by atoms with Crippen LogP contribution in [0.1, 0.15) is 113 Å². The fraction of sp³-hybridized carbons (Fsp3) is 0.471. The van der Waals surface area contributed by atoms with Crippen molar-refractivity contribution in [1.82, 2.24) is 9.80 Å². The summed E-state index contributed by atoms with van der Waals surface area (Å²) in [5.41, 5.74) is 14.5. The summed E-state index contributed by atoms with van der Waals surface area (Å²) in [6.45, 7) is 33.2. The highest BCUT2D eigenvalue weighted by Crippen LogP contribution is 2.21. The zero-order valence-electron chi connectivity index (χ0n) is 67.0. The number of quaternary nitrogens is 3. The summed E-state index contributed by atoms with van der Waals surface area (Å²) in [6, 6.07) is 52.5. The molecule has 8 aliphatic rings. The van der Waals surface area contributed by atoms with Crippen molar-refractivity contribution in [3.63, 3.8) is 0 Å². The molecule has 0 N–H and O–H groups in total. The molecule has 8 aliphatic heterocycles. The van der Waals surface area contributed by atoms with Gasteiger partial charge in [0.1, 0.15) is 69.6 Å². The van der Waals surface area contributed by atoms with E-state index in [4.69, 9.17) is 0 Å². The SMILES string of the molecule is C1=[N+](CCN2CCCCC2)CCc2ccccc21.C[N+]1(C)CCN(CC[N+]2=Cc3ccccc3CC2)CC1.C[N+]1(CC[N+]2=Cc3ccccc3CC2)CCCC1.C[N+]1(CC[N+]2=Cc3ccccc3CC2)CCCCC1.Cc1ccc(S(=O)(=O)[O-])cc1.Cc1ccc(S(=O)(=O)[O-])cc1.Cc1ccc(S(=O)(=O)[O-])cc1.[Br-].[Br-].[Br-].[Br-]. The third-order valence-corrected chi connectivity index (χ3v) is 25.0. The molecular formula is C87H121Br4N9O9S3. The summed E-state index contributed by atoms with van der Waals surface area (Å²) >= 11 is 0. The number of nitrogens with zero attached hydrogens (tertiary/aromatic N) is 9. The van der Waals surface area contributed by atoms with E-state index < -0.39 is 30.4 Å². The molecule has 18 nitrogen and oxygen atoms in total. The number of benzene rings is 7. The Morgan fingerprint density at radius 2 is 0.571 bits per heavy atom. The molecule has 112 heavy (non-hydrogen) atoms. The molecule has 0 aromatic heterocycles. The second-order valence-corrected chi connectivity index (χ2v) is 35.9. The predicted octanol–water partition coefficient (Wildman–Crippen LogP) is -1.84. The first-order chi connectivity index (χ1) is 51.5. The van der Waals surface area contributed by atoms with E-state index in [1.165, 1.54) is 315 Å². The van der Waals surface area contributed by atoms with Crippen LogP contribution in [0.15, 0.2) is 185 Å². The van der Waals surface area contributed by atoms with Gasteiger partial charge in [-0.15, -0.1) is 0 Å². The van der Waals surface area contributed by atoms with E-state index in [-0.39, 0.29) is 82.6 Å². The van der Waals surface area contributed by atoms with Crippen molar-refractivity contribution in [1.29, 1.82) is 0 Å². The Hall–Kier alpha value is -5.33. The summed E-state index contributed by atoms with van der Waals surface area (Å²) in [7, 11) is -3.27. The zero-order chi connectivity index (χ0) is 77.2. The molecule has 0 saturated carbocycles. The lowest BCUT2D eigenvalue weighted by molar-refractivity contribution is -0.920. The van der Waals surface area contributed by atoms with Crippen LogP contribution in [0, 0.1) is 20.8 Å². The molecule has 25 heteroatoms. The van der Waals surface area contributed by atoms with Crippen molar-refractivity contribution >= 4 is 55.2 Å². The second-order valence-electron chi connectivity index (χ2n) is 31.7. The maximum absolute atomic E-state index is 10.4. The number of rotatable bonds is 15. The molecule has 8 heterocycles. The largest absolute Gasteiger partial charge is 1.00 e. The Labute approximate surface area is 713 Å². The quantitative estimate of drug-likeness (QED) is 0.0638. The molecule has 0 radical (unpaired) electrons. The Morgan fingerprint density at radius 3 is 0.857 bits per heavy atom. The van der Waals surface area contributed by atoms with Crippen molar-refractivity contribution in [3.8, 4) is 0 Å². The van der Waals surface area contributed by atoms with Crippen LogP contribution in [0.25, 0.3) is 0 Å². The minimum Gasteiger partial charge on any atom is -1.00 e. The highest BCUT2D eigenvalue weighted by atomic mass is 79.9. The van der Waals surface area contributed by atoms with Crippen LogP contribution in [-0.4, -0.2) is 277 Å². The predicted molar refractivity (Wildman–Crippen MR) is 432 cm³/mol. The van der Waals surface area contributed by atoms with Gasteiger partial charge in [-0.1, -0.05) is 132 Å². The van der Waals surface area contributed by atoms with Crippen LogP contribution in [0.4, 0.5) is 0 Å². The summed E-state index contributed by atoms with van der Waals surface area (Å²) in [4.78, 5) is 4.71. The number of hydrogen-bond donors (Lipinski definition) is 0. The number of piperidine rings is 2. The van der Waals surface area contributed by atoms with Crippen LogP contribution in [0.2, 0.25) is 0 Å². The number of likely N-dealkylation sites (tertiary alicyclic amines) is 3. The molecule has 0 unspecified atom stereocenters. The summed E-state index contributed by atoms with van der Waals surface area (Å²) in [5.74, 6) is 0. The Bertz CT molecular complexity index is 4350. The molecule has 0 atom stereocenters. The van der Waals surface area contributed by atoms with Gasteiger partial charge in [0.25, 0.3) is 0 Å². The Balaban J connectivity index is 0.000000235. The minimum atomic E-state index is -4.27. The average Bonchev–Trinajstić information content (AvgIpc) is 1.09. The van der Waals surface area contributed by atoms with Gasteiger partial charge in [-0.25, -0.2) is 43.6 Å². The van der Waals surface area contributed by atoms with Crippen LogP contribution in [0.3, 0.4) is 0 Å². The summed E-state index contributed by atoms with van der Waals surface area (Å²) in [5, 5.41) is 0. The van der Waals surface area contributed by atoms with E-state index in [1.807, 2.05) is 20.8 Å². The lowest BCUT2D eigenvalue weighted by Gasteiger charge is -2.38. The summed E-state index contributed by atoms with van der Waals surface area (Å²) < 4.78 is 107. The average molecular weight is 1850 g/mol. The van der Waals surface area contributed by atoms with Crippen molar-refractivity contribution in [2.24, 2.45) is 0 Å². The fourth-order valence-electron chi connectivity index (χ4n) is 15.0. The number of fused-ring (bicyclic) bond motifs is 4. The normalized spacial score (nSPS) is 17.7. The van der Waals surface area contributed by atoms with E-state index >= 15 is 0 Å². The topological polar surface area (TPSA) is 190 Å². The van der Waals surface area contributed by atoms with Gasteiger partial charge in [0.05, 0.1) is 95.2 Å². The lowest BCUT2D eigenvalue weighted by atomic mass is 10.0. The van der Waals surface area contributed by atoms with E-state index in [2.05, 4.69) is 178 Å². The van der Waals surface area contributed by atoms with E-state index in [0.717, 1.165) is 16.7 Å². The molecule has 0 spiro atoms. The van der Waals surface area contributed by atoms with E-state index in [1.54, 1.807) is 36.4 Å². The first-order valence-corrected chi connectivity index (χ1v) is 43.5. The van der Waals surface area contributed by atoms with E-state index in [9.17, 15) is 38.9 Å². The van der Waals surface area contributed by atoms with Crippen molar-refractivity contribution < 1.29 is 139 Å². The minimum absolute atomic E-state index is 0. The Morgan fingerprint density at radius 1 is 0.321 bits per heavy atom. The third kappa shape index (κ3) is 33.3. The number of aryl methyl sites for hydroxylation is 3. The maximum atomic E-state index is 10.4. The molecule has 7 aromatic rings. The first kappa shape index (κ1) is 97.2. The number of piperazine rings is 1. The number of hydrogen-bond acceptors (Lipinski definition) is 11. The van der Waals surface area contributed by atoms with Crippen molar-refractivity contribution in [2.45, 2.75) is 113 Å². The van der Waals surface area contributed by atoms with Crippen molar-refractivity contribution in [3.05, 3.63) is 231 Å². The van der Waals surface area contributed by atoms with Gasteiger partial charge in [0.15, 0.2) is 51.0 Å².